The van der Waals surface area contributed by atoms with Crippen molar-refractivity contribution >= 4 is 17.2 Å². The molecule has 0 bridgehead atoms. The Kier molecular flexibility index (Phi) is 5.77. The molecule has 0 N–H and O–H groups in total. The molecule has 34 heavy (non-hydrogen) atoms. The molecule has 4 nitrogen and oxygen atoms in total. The van der Waals surface area contributed by atoms with Crippen molar-refractivity contribution in [2.45, 2.75) is 24.9 Å². The van der Waals surface area contributed by atoms with Gasteiger partial charge >= 0.3 is 5.97 Å². The fraction of sp³-hybridized carbons (Fsp3) is 0.200. The minimum Gasteiger partial charge on any atom is -0.466 e. The number of fused-ring (bicyclic) bond motifs is 1. The molecule has 168 valence electrons. The number of carbonyl (C=O) groups is 1. The van der Waals surface area contributed by atoms with Gasteiger partial charge in [-0.2, -0.15) is 5.26 Å². The van der Waals surface area contributed by atoms with Crippen LogP contribution in [0.3, 0.4) is 0 Å². The van der Waals surface area contributed by atoms with E-state index in [0.29, 0.717) is 13.0 Å². The molecule has 3 aromatic carbocycles. The molecule has 2 heterocycles. The van der Waals surface area contributed by atoms with E-state index in [1.165, 1.54) is 0 Å². The van der Waals surface area contributed by atoms with E-state index < -0.39 is 17.5 Å². The minimum absolute atomic E-state index is 0.271. The molecule has 0 amide bonds. The van der Waals surface area contributed by atoms with Crippen molar-refractivity contribution in [2.24, 2.45) is 5.92 Å². The quantitative estimate of drug-likeness (QED) is 0.465. The number of rotatable bonds is 5. The fourth-order valence-corrected chi connectivity index (χ4v) is 5.35. The van der Waals surface area contributed by atoms with Crippen molar-refractivity contribution in [3.63, 3.8) is 0 Å². The average molecular weight is 447 g/mol. The number of esters is 1. The lowest BCUT2D eigenvalue weighted by atomic mass is 9.74. The third kappa shape index (κ3) is 3.50. The number of nitriles is 1. The maximum absolute atomic E-state index is 13.4. The Morgan fingerprint density at radius 1 is 0.971 bits per heavy atom. The van der Waals surface area contributed by atoms with Crippen LogP contribution in [0.25, 0.3) is 11.3 Å². The van der Waals surface area contributed by atoms with Crippen LogP contribution in [0.5, 0.6) is 0 Å². The summed E-state index contributed by atoms with van der Waals surface area (Å²) in [6.45, 7) is 2.12. The lowest BCUT2D eigenvalue weighted by Gasteiger charge is -2.46. The first-order valence-corrected chi connectivity index (χ1v) is 11.7. The Morgan fingerprint density at radius 2 is 1.56 bits per heavy atom. The summed E-state index contributed by atoms with van der Waals surface area (Å²) in [4.78, 5) is 15.6. The van der Waals surface area contributed by atoms with Gasteiger partial charge in [0, 0.05) is 5.70 Å². The topological polar surface area (TPSA) is 53.3 Å². The molecular weight excluding hydrogens is 420 g/mol. The van der Waals surface area contributed by atoms with Crippen LogP contribution in [0, 0.1) is 17.2 Å². The number of hydrogen-bond donors (Lipinski definition) is 0. The van der Waals surface area contributed by atoms with Crippen LogP contribution in [0.2, 0.25) is 0 Å². The lowest BCUT2D eigenvalue weighted by Crippen LogP contribution is -2.48. The van der Waals surface area contributed by atoms with Gasteiger partial charge in [-0.15, -0.1) is 0 Å². The molecule has 2 aliphatic heterocycles. The smallest absolute Gasteiger partial charge is 0.312 e. The molecule has 1 saturated heterocycles. The predicted octanol–water partition coefficient (Wildman–Crippen LogP) is 5.80. The van der Waals surface area contributed by atoms with E-state index in [4.69, 9.17) is 4.74 Å². The Labute approximate surface area is 200 Å². The van der Waals surface area contributed by atoms with E-state index in [1.807, 2.05) is 73.7 Å². The molecular formula is C30H26N2O2. The molecule has 4 heteroatoms. The van der Waals surface area contributed by atoms with Crippen LogP contribution in [0.1, 0.15) is 30.0 Å². The van der Waals surface area contributed by atoms with E-state index >= 15 is 0 Å². The number of allylic oxidation sites excluding steroid dienone is 2. The summed E-state index contributed by atoms with van der Waals surface area (Å²) in [7, 11) is 0. The van der Waals surface area contributed by atoms with Crippen molar-refractivity contribution in [3.05, 3.63) is 120 Å². The first-order valence-electron chi connectivity index (χ1n) is 11.7. The van der Waals surface area contributed by atoms with Gasteiger partial charge in [0.1, 0.15) is 6.04 Å². The van der Waals surface area contributed by atoms with E-state index in [0.717, 1.165) is 28.0 Å². The molecule has 5 rings (SSSR count). The van der Waals surface area contributed by atoms with Gasteiger partial charge in [0.05, 0.1) is 24.1 Å². The Morgan fingerprint density at radius 3 is 2.15 bits per heavy atom. The summed E-state index contributed by atoms with van der Waals surface area (Å²) in [5.74, 6) is -0.794. The highest BCUT2D eigenvalue weighted by atomic mass is 16.5. The highest BCUT2D eigenvalue weighted by Crippen LogP contribution is 2.55. The van der Waals surface area contributed by atoms with Gasteiger partial charge < -0.3 is 9.64 Å². The number of benzene rings is 3. The SMILES string of the molecule is CCOC(=O)C1CC(C#N)N2C(c3ccccc3)=CC(c3ccccc3)=CC12c1ccccc1. The Bertz CT molecular complexity index is 1280. The van der Waals surface area contributed by atoms with Crippen molar-refractivity contribution in [3.8, 4) is 6.07 Å². The highest BCUT2D eigenvalue weighted by Gasteiger charge is 2.58. The van der Waals surface area contributed by atoms with E-state index in [2.05, 4.69) is 47.4 Å². The standard InChI is InChI=1S/C30H26N2O2/c1-2-34-29(33)27-19-26(21-31)32-28(23-14-8-4-9-15-23)18-24(22-12-6-3-7-13-22)20-30(27,32)25-16-10-5-11-17-25/h3-18,20,26-27H,2,19H2,1H3. The molecule has 0 saturated carbocycles. The monoisotopic (exact) mass is 446 g/mol. The van der Waals surface area contributed by atoms with Crippen molar-refractivity contribution in [1.82, 2.24) is 4.90 Å². The van der Waals surface area contributed by atoms with Crippen LogP contribution in [-0.4, -0.2) is 23.5 Å². The van der Waals surface area contributed by atoms with Gasteiger partial charge in [-0.25, -0.2) is 0 Å². The van der Waals surface area contributed by atoms with Crippen LogP contribution in [-0.2, 0) is 15.1 Å². The molecule has 0 aromatic heterocycles. The maximum Gasteiger partial charge on any atom is 0.312 e. The molecule has 3 atom stereocenters. The zero-order valence-corrected chi connectivity index (χ0v) is 19.1. The molecule has 2 aliphatic rings. The van der Waals surface area contributed by atoms with E-state index in [9.17, 15) is 10.1 Å². The fourth-order valence-electron chi connectivity index (χ4n) is 5.35. The van der Waals surface area contributed by atoms with Crippen LogP contribution < -0.4 is 0 Å². The normalized spacial score (nSPS) is 23.4. The maximum atomic E-state index is 13.4. The van der Waals surface area contributed by atoms with Gasteiger partial charge in [0.25, 0.3) is 0 Å². The van der Waals surface area contributed by atoms with E-state index in [-0.39, 0.29) is 5.97 Å². The van der Waals surface area contributed by atoms with Gasteiger partial charge in [0.2, 0.25) is 0 Å². The summed E-state index contributed by atoms with van der Waals surface area (Å²) < 4.78 is 5.57. The van der Waals surface area contributed by atoms with Gasteiger partial charge in [-0.1, -0.05) is 91.0 Å². The summed E-state index contributed by atoms with van der Waals surface area (Å²) >= 11 is 0. The molecule has 0 spiro atoms. The van der Waals surface area contributed by atoms with Crippen LogP contribution in [0.4, 0.5) is 0 Å². The number of hydrogen-bond acceptors (Lipinski definition) is 4. The molecule has 3 aromatic rings. The number of carbonyl (C=O) groups excluding carboxylic acids is 1. The zero-order chi connectivity index (χ0) is 23.5. The van der Waals surface area contributed by atoms with E-state index in [1.54, 1.807) is 0 Å². The highest BCUT2D eigenvalue weighted by molar-refractivity contribution is 5.90. The zero-order valence-electron chi connectivity index (χ0n) is 19.1. The molecule has 3 unspecified atom stereocenters. The lowest BCUT2D eigenvalue weighted by molar-refractivity contribution is -0.150. The number of nitrogens with zero attached hydrogens (tertiary/aromatic N) is 2. The van der Waals surface area contributed by atoms with Crippen LogP contribution in [0.15, 0.2) is 103 Å². The average Bonchev–Trinajstić information content (AvgIpc) is 3.25. The van der Waals surface area contributed by atoms with Gasteiger partial charge in [-0.05, 0) is 47.8 Å². The van der Waals surface area contributed by atoms with Crippen molar-refractivity contribution in [2.75, 3.05) is 6.61 Å². The van der Waals surface area contributed by atoms with Crippen LogP contribution >= 0.6 is 0 Å². The molecule has 0 aliphatic carbocycles. The predicted molar refractivity (Wildman–Crippen MR) is 133 cm³/mol. The third-order valence-corrected chi connectivity index (χ3v) is 6.76. The van der Waals surface area contributed by atoms with Crippen molar-refractivity contribution in [1.29, 1.82) is 5.26 Å². The first kappa shape index (κ1) is 21.7. The molecule has 0 radical (unpaired) electrons. The summed E-state index contributed by atoms with van der Waals surface area (Å²) in [5, 5.41) is 10.3. The second-order valence-corrected chi connectivity index (χ2v) is 8.61. The minimum atomic E-state index is -0.848. The largest absolute Gasteiger partial charge is 0.466 e. The summed E-state index contributed by atoms with van der Waals surface area (Å²) in [6, 6.07) is 32.3. The Hall–Kier alpha value is -4.10. The van der Waals surface area contributed by atoms with Gasteiger partial charge in [0.15, 0.2) is 0 Å². The molecule has 1 fully saturated rings. The second kappa shape index (κ2) is 9.03. The third-order valence-electron chi connectivity index (χ3n) is 6.76. The van der Waals surface area contributed by atoms with Gasteiger partial charge in [-0.3, -0.25) is 4.79 Å². The first-order chi connectivity index (χ1) is 16.7. The second-order valence-electron chi connectivity index (χ2n) is 8.61. The summed E-state index contributed by atoms with van der Waals surface area (Å²) in [5.41, 5.74) is 4.15. The number of ether oxygens (including phenoxy) is 1. The summed E-state index contributed by atoms with van der Waals surface area (Å²) in [6.07, 6.45) is 4.71. The Balaban J connectivity index is 1.83. The van der Waals surface area contributed by atoms with Crippen molar-refractivity contribution < 1.29 is 9.53 Å².